The first kappa shape index (κ1) is 9.20. The van der Waals surface area contributed by atoms with Gasteiger partial charge in [-0.2, -0.15) is 0 Å². The summed E-state index contributed by atoms with van der Waals surface area (Å²) in [5, 5.41) is 25.8. The third-order valence-corrected chi connectivity index (χ3v) is 1.09. The Morgan fingerprint density at radius 2 is 2.10 bits per heavy atom. The minimum atomic E-state index is -1.49. The fraction of sp³-hybridized carbons (Fsp3) is 0.429. The van der Waals surface area contributed by atoms with Gasteiger partial charge in [-0.3, -0.25) is 0 Å². The molecular weight excluding hydrogens is 132 g/mol. The topological polar surface area (TPSA) is 60.7 Å². The van der Waals surface area contributed by atoms with Crippen molar-refractivity contribution in [2.45, 2.75) is 19.6 Å². The van der Waals surface area contributed by atoms with Crippen LogP contribution in [0.2, 0.25) is 0 Å². The number of aliphatic hydroxyl groups is 3. The van der Waals surface area contributed by atoms with E-state index in [1.165, 1.54) is 6.08 Å². The highest BCUT2D eigenvalue weighted by atomic mass is 16.5. The number of hydrogen-bond acceptors (Lipinski definition) is 3. The highest BCUT2D eigenvalue weighted by Crippen LogP contribution is 2.06. The normalized spacial score (nSPS) is 12.2. The van der Waals surface area contributed by atoms with Crippen LogP contribution in [0, 0.1) is 0 Å². The van der Waals surface area contributed by atoms with E-state index >= 15 is 0 Å². The lowest BCUT2D eigenvalue weighted by molar-refractivity contribution is -0.01000. The summed E-state index contributed by atoms with van der Waals surface area (Å²) < 4.78 is 0. The van der Waals surface area contributed by atoms with Crippen LogP contribution in [0.5, 0.6) is 0 Å². The molecule has 0 bridgehead atoms. The lowest BCUT2D eigenvalue weighted by Gasteiger charge is -2.05. The van der Waals surface area contributed by atoms with Gasteiger partial charge < -0.3 is 15.3 Å². The molecule has 0 spiro atoms. The molecule has 0 aliphatic carbocycles. The third-order valence-electron chi connectivity index (χ3n) is 1.09. The first-order chi connectivity index (χ1) is 4.57. The summed E-state index contributed by atoms with van der Waals surface area (Å²) in [6, 6.07) is 0. The lowest BCUT2D eigenvalue weighted by Crippen LogP contribution is -2.07. The summed E-state index contributed by atoms with van der Waals surface area (Å²) >= 11 is 0. The summed E-state index contributed by atoms with van der Waals surface area (Å²) in [6.07, 6.45) is 0.232. The Labute approximate surface area is 59.9 Å². The van der Waals surface area contributed by atoms with Crippen molar-refractivity contribution in [2.24, 2.45) is 0 Å². The Balaban J connectivity index is 4.18. The molecule has 0 saturated carbocycles. The molecule has 3 nitrogen and oxygen atoms in total. The minimum absolute atomic E-state index is 0.162. The Kier molecular flexibility index (Phi) is 3.76. The molecule has 0 aromatic heterocycles. The second kappa shape index (κ2) is 4.09. The van der Waals surface area contributed by atoms with E-state index in [2.05, 4.69) is 6.58 Å². The summed E-state index contributed by atoms with van der Waals surface area (Å²) in [7, 11) is 0. The van der Waals surface area contributed by atoms with Gasteiger partial charge in [0.1, 0.15) is 5.76 Å². The molecule has 3 heteroatoms. The van der Waals surface area contributed by atoms with E-state index in [0.29, 0.717) is 12.0 Å². The Bertz CT molecular complexity index is 147. The number of allylic oxidation sites excluding steroid dienone is 1. The summed E-state index contributed by atoms with van der Waals surface area (Å²) in [5.41, 5.74) is 0.354. The second-order valence-corrected chi connectivity index (χ2v) is 1.94. The first-order valence-electron chi connectivity index (χ1n) is 3.02. The fourth-order valence-electron chi connectivity index (χ4n) is 0.573. The van der Waals surface area contributed by atoms with Gasteiger partial charge in [-0.1, -0.05) is 13.5 Å². The van der Waals surface area contributed by atoms with Crippen molar-refractivity contribution in [3.63, 3.8) is 0 Å². The van der Waals surface area contributed by atoms with Crippen molar-refractivity contribution in [1.82, 2.24) is 0 Å². The van der Waals surface area contributed by atoms with Gasteiger partial charge in [0.2, 0.25) is 0 Å². The Morgan fingerprint density at radius 3 is 2.20 bits per heavy atom. The highest BCUT2D eigenvalue weighted by Gasteiger charge is 2.02. The Hall–Kier alpha value is -0.800. The molecule has 10 heavy (non-hydrogen) atoms. The highest BCUT2D eigenvalue weighted by molar-refractivity contribution is 5.15. The van der Waals surface area contributed by atoms with E-state index in [0.717, 1.165) is 0 Å². The van der Waals surface area contributed by atoms with Crippen LogP contribution in [0.1, 0.15) is 13.3 Å². The van der Waals surface area contributed by atoms with Crippen LogP contribution in [0.15, 0.2) is 24.0 Å². The molecule has 0 amide bonds. The molecule has 0 aromatic carbocycles. The zero-order valence-electron chi connectivity index (χ0n) is 5.91. The lowest BCUT2D eigenvalue weighted by atomic mass is 10.2. The summed E-state index contributed by atoms with van der Waals surface area (Å²) in [6.45, 7) is 4.94. The van der Waals surface area contributed by atoms with Crippen LogP contribution in [0.4, 0.5) is 0 Å². The number of aliphatic hydroxyl groups excluding tert-OH is 2. The monoisotopic (exact) mass is 144 g/mol. The molecule has 3 N–H and O–H groups in total. The minimum Gasteiger partial charge on any atom is -0.509 e. The third kappa shape index (κ3) is 3.27. The van der Waals surface area contributed by atoms with E-state index in [1.807, 2.05) is 0 Å². The van der Waals surface area contributed by atoms with Gasteiger partial charge in [0.05, 0.1) is 0 Å². The van der Waals surface area contributed by atoms with Gasteiger partial charge in [0, 0.05) is 0 Å². The van der Waals surface area contributed by atoms with E-state index in [4.69, 9.17) is 15.3 Å². The molecule has 0 saturated heterocycles. The zero-order valence-corrected chi connectivity index (χ0v) is 5.91. The van der Waals surface area contributed by atoms with E-state index < -0.39 is 6.29 Å². The molecule has 58 valence electrons. The average molecular weight is 144 g/mol. The molecular formula is C7H12O3. The quantitative estimate of drug-likeness (QED) is 0.310. The Morgan fingerprint density at radius 1 is 1.60 bits per heavy atom. The largest absolute Gasteiger partial charge is 0.509 e. The maximum Gasteiger partial charge on any atom is 0.174 e. The van der Waals surface area contributed by atoms with E-state index in [1.54, 1.807) is 6.92 Å². The van der Waals surface area contributed by atoms with Gasteiger partial charge in [-0.15, -0.1) is 0 Å². The molecule has 0 fully saturated rings. The van der Waals surface area contributed by atoms with Crippen LogP contribution >= 0.6 is 0 Å². The van der Waals surface area contributed by atoms with Crippen LogP contribution in [-0.4, -0.2) is 21.6 Å². The molecule has 0 aromatic rings. The summed E-state index contributed by atoms with van der Waals surface area (Å²) in [5.74, 6) is -0.162. The van der Waals surface area contributed by atoms with Crippen molar-refractivity contribution < 1.29 is 15.3 Å². The van der Waals surface area contributed by atoms with Crippen LogP contribution in [0.3, 0.4) is 0 Å². The van der Waals surface area contributed by atoms with Crippen molar-refractivity contribution in [2.75, 3.05) is 0 Å². The van der Waals surface area contributed by atoms with E-state index in [9.17, 15) is 0 Å². The van der Waals surface area contributed by atoms with Gasteiger partial charge in [0.15, 0.2) is 6.29 Å². The van der Waals surface area contributed by atoms with Gasteiger partial charge in [-0.25, -0.2) is 0 Å². The predicted octanol–water partition coefficient (Wildman–Crippen LogP) is 0.705. The van der Waals surface area contributed by atoms with Crippen molar-refractivity contribution in [3.05, 3.63) is 24.0 Å². The SMILES string of the molecule is C=C(O)/C=C(\CC)C(O)O. The maximum atomic E-state index is 8.61. The van der Waals surface area contributed by atoms with Gasteiger partial charge in [0.25, 0.3) is 0 Å². The molecule has 0 atom stereocenters. The fourth-order valence-corrected chi connectivity index (χ4v) is 0.573. The van der Waals surface area contributed by atoms with Crippen molar-refractivity contribution >= 4 is 0 Å². The maximum absolute atomic E-state index is 8.61. The van der Waals surface area contributed by atoms with Crippen molar-refractivity contribution in [3.8, 4) is 0 Å². The van der Waals surface area contributed by atoms with Crippen LogP contribution in [0.25, 0.3) is 0 Å². The molecule has 0 aliphatic heterocycles. The number of hydrogen-bond donors (Lipinski definition) is 3. The summed E-state index contributed by atoms with van der Waals surface area (Å²) in [4.78, 5) is 0. The van der Waals surface area contributed by atoms with Crippen LogP contribution in [-0.2, 0) is 0 Å². The van der Waals surface area contributed by atoms with Crippen molar-refractivity contribution in [1.29, 1.82) is 0 Å². The molecule has 0 unspecified atom stereocenters. The smallest absolute Gasteiger partial charge is 0.174 e. The molecule has 0 heterocycles. The average Bonchev–Trinajstić information content (AvgIpc) is 1.81. The van der Waals surface area contributed by atoms with Crippen LogP contribution < -0.4 is 0 Å². The van der Waals surface area contributed by atoms with Gasteiger partial charge >= 0.3 is 0 Å². The standard InChI is InChI=1S/C7H12O3/c1-3-6(7(9)10)4-5(2)8/h4,7-10H,2-3H2,1H3/b6-4+. The second-order valence-electron chi connectivity index (χ2n) is 1.94. The molecule has 0 aliphatic rings. The number of rotatable bonds is 3. The molecule has 0 rings (SSSR count). The predicted molar refractivity (Wildman–Crippen MR) is 38.4 cm³/mol. The van der Waals surface area contributed by atoms with Gasteiger partial charge in [-0.05, 0) is 18.1 Å². The zero-order chi connectivity index (χ0) is 8.15. The first-order valence-corrected chi connectivity index (χ1v) is 3.02. The van der Waals surface area contributed by atoms with E-state index in [-0.39, 0.29) is 5.76 Å². The molecule has 0 radical (unpaired) electrons.